The molecular weight excluding hydrogens is 264 g/mol. The summed E-state index contributed by atoms with van der Waals surface area (Å²) in [5.74, 6) is 0.965. The number of hydrogen-bond donors (Lipinski definition) is 1. The summed E-state index contributed by atoms with van der Waals surface area (Å²) in [6.07, 6.45) is 1.16. The number of nitrogens with one attached hydrogen (secondary N) is 1. The van der Waals surface area contributed by atoms with Gasteiger partial charge in [0.05, 0.1) is 19.8 Å². The first kappa shape index (κ1) is 16.3. The Kier molecular flexibility index (Phi) is 6.03. The standard InChI is InChI=1S/C17H28N2O2/c1-5-18-15(17-12-19(3)8-9-21-17)11-14-10-13(2)6-7-16(14)20-4/h6-7,10,15,17-18H,5,8-9,11-12H2,1-4H3. The smallest absolute Gasteiger partial charge is 0.122 e. The zero-order valence-corrected chi connectivity index (χ0v) is 13.7. The van der Waals surface area contributed by atoms with Crippen molar-refractivity contribution in [3.05, 3.63) is 29.3 Å². The van der Waals surface area contributed by atoms with Gasteiger partial charge in [-0.25, -0.2) is 0 Å². The number of ether oxygens (including phenoxy) is 2. The van der Waals surface area contributed by atoms with Gasteiger partial charge in [-0.05, 0) is 38.6 Å². The van der Waals surface area contributed by atoms with Crippen LogP contribution in [0.5, 0.6) is 5.75 Å². The van der Waals surface area contributed by atoms with Gasteiger partial charge in [-0.1, -0.05) is 24.6 Å². The summed E-state index contributed by atoms with van der Waals surface area (Å²) in [4.78, 5) is 2.34. The summed E-state index contributed by atoms with van der Waals surface area (Å²) in [6, 6.07) is 6.68. The molecule has 0 radical (unpaired) electrons. The molecule has 0 saturated carbocycles. The summed E-state index contributed by atoms with van der Waals surface area (Å²) in [5, 5.41) is 3.58. The minimum absolute atomic E-state index is 0.230. The van der Waals surface area contributed by atoms with Crippen LogP contribution in [0, 0.1) is 6.92 Å². The quantitative estimate of drug-likeness (QED) is 0.868. The van der Waals surface area contributed by atoms with Crippen LogP contribution in [-0.4, -0.2) is 57.4 Å². The van der Waals surface area contributed by atoms with Gasteiger partial charge in [-0.15, -0.1) is 0 Å². The molecule has 0 bridgehead atoms. The van der Waals surface area contributed by atoms with Gasteiger partial charge in [0, 0.05) is 19.1 Å². The average molecular weight is 292 g/mol. The van der Waals surface area contributed by atoms with Crippen molar-refractivity contribution in [3.63, 3.8) is 0 Å². The number of likely N-dealkylation sites (N-methyl/N-ethyl adjacent to an activating group) is 2. The predicted octanol–water partition coefficient (Wildman–Crippen LogP) is 1.85. The van der Waals surface area contributed by atoms with Gasteiger partial charge >= 0.3 is 0 Å². The lowest BCUT2D eigenvalue weighted by Crippen LogP contribution is -2.52. The number of methoxy groups -OCH3 is 1. The Balaban J connectivity index is 2.13. The molecule has 0 amide bonds. The lowest BCUT2D eigenvalue weighted by molar-refractivity contribution is -0.0382. The first-order chi connectivity index (χ1) is 10.1. The summed E-state index contributed by atoms with van der Waals surface area (Å²) < 4.78 is 11.5. The van der Waals surface area contributed by atoms with Gasteiger partial charge in [-0.3, -0.25) is 0 Å². The maximum Gasteiger partial charge on any atom is 0.122 e. The van der Waals surface area contributed by atoms with E-state index < -0.39 is 0 Å². The number of aryl methyl sites for hydroxylation is 1. The molecule has 21 heavy (non-hydrogen) atoms. The van der Waals surface area contributed by atoms with Crippen molar-refractivity contribution in [3.8, 4) is 5.75 Å². The fourth-order valence-electron chi connectivity index (χ4n) is 2.96. The molecule has 2 atom stereocenters. The van der Waals surface area contributed by atoms with Gasteiger partial charge in [-0.2, -0.15) is 0 Å². The van der Waals surface area contributed by atoms with E-state index in [4.69, 9.17) is 9.47 Å². The van der Waals surface area contributed by atoms with E-state index >= 15 is 0 Å². The first-order valence-electron chi connectivity index (χ1n) is 7.81. The van der Waals surface area contributed by atoms with Crippen LogP contribution in [0.25, 0.3) is 0 Å². The molecule has 1 aliphatic heterocycles. The van der Waals surface area contributed by atoms with Crippen molar-refractivity contribution < 1.29 is 9.47 Å². The Morgan fingerprint density at radius 1 is 1.48 bits per heavy atom. The molecule has 4 heteroatoms. The van der Waals surface area contributed by atoms with Crippen LogP contribution in [0.3, 0.4) is 0 Å². The highest BCUT2D eigenvalue weighted by Gasteiger charge is 2.27. The summed E-state index contributed by atoms with van der Waals surface area (Å²) in [5.41, 5.74) is 2.52. The number of morpholine rings is 1. The van der Waals surface area contributed by atoms with E-state index in [-0.39, 0.29) is 6.10 Å². The molecule has 2 rings (SSSR count). The Morgan fingerprint density at radius 2 is 2.29 bits per heavy atom. The minimum Gasteiger partial charge on any atom is -0.496 e. The molecule has 0 spiro atoms. The molecule has 1 aromatic rings. The lowest BCUT2D eigenvalue weighted by Gasteiger charge is -2.35. The highest BCUT2D eigenvalue weighted by atomic mass is 16.5. The Hall–Kier alpha value is -1.10. The minimum atomic E-state index is 0.230. The second kappa shape index (κ2) is 7.78. The van der Waals surface area contributed by atoms with Crippen molar-refractivity contribution in [1.82, 2.24) is 10.2 Å². The number of hydrogen-bond acceptors (Lipinski definition) is 4. The molecule has 0 aliphatic carbocycles. The molecule has 1 heterocycles. The molecule has 1 N–H and O–H groups in total. The molecule has 0 aromatic heterocycles. The normalized spacial score (nSPS) is 21.2. The molecular formula is C17H28N2O2. The van der Waals surface area contributed by atoms with Crippen LogP contribution in [-0.2, 0) is 11.2 Å². The van der Waals surface area contributed by atoms with Crippen molar-refractivity contribution >= 4 is 0 Å². The van der Waals surface area contributed by atoms with Gasteiger partial charge in [0.2, 0.25) is 0 Å². The zero-order valence-electron chi connectivity index (χ0n) is 13.7. The van der Waals surface area contributed by atoms with Crippen molar-refractivity contribution in [2.24, 2.45) is 0 Å². The number of rotatable bonds is 6. The maximum absolute atomic E-state index is 5.99. The SMILES string of the molecule is CCNC(Cc1cc(C)ccc1OC)C1CN(C)CCO1. The molecule has 1 fully saturated rings. The monoisotopic (exact) mass is 292 g/mol. The molecule has 4 nitrogen and oxygen atoms in total. The van der Waals surface area contributed by atoms with Crippen LogP contribution in [0.1, 0.15) is 18.1 Å². The van der Waals surface area contributed by atoms with Crippen LogP contribution in [0.15, 0.2) is 18.2 Å². The Labute approximate surface area is 128 Å². The largest absolute Gasteiger partial charge is 0.496 e. The third kappa shape index (κ3) is 4.43. The van der Waals surface area contributed by atoms with Crippen molar-refractivity contribution in [2.75, 3.05) is 40.4 Å². The zero-order chi connectivity index (χ0) is 15.2. The second-order valence-corrected chi connectivity index (χ2v) is 5.86. The van der Waals surface area contributed by atoms with E-state index in [1.54, 1.807) is 7.11 Å². The van der Waals surface area contributed by atoms with Gasteiger partial charge in [0.1, 0.15) is 5.75 Å². The first-order valence-corrected chi connectivity index (χ1v) is 7.81. The van der Waals surface area contributed by atoms with E-state index in [1.165, 1.54) is 11.1 Å². The Bertz CT molecular complexity index is 450. The van der Waals surface area contributed by atoms with Gasteiger partial charge < -0.3 is 19.7 Å². The average Bonchev–Trinajstić information content (AvgIpc) is 2.47. The second-order valence-electron chi connectivity index (χ2n) is 5.86. The van der Waals surface area contributed by atoms with Crippen LogP contribution in [0.4, 0.5) is 0 Å². The fraction of sp³-hybridized carbons (Fsp3) is 0.647. The van der Waals surface area contributed by atoms with Crippen LogP contribution < -0.4 is 10.1 Å². The maximum atomic E-state index is 5.99. The third-order valence-corrected chi connectivity index (χ3v) is 4.09. The molecule has 118 valence electrons. The highest BCUT2D eigenvalue weighted by molar-refractivity contribution is 5.37. The van der Waals surface area contributed by atoms with Crippen LogP contribution in [0.2, 0.25) is 0 Å². The molecule has 1 aliphatic rings. The summed E-state index contributed by atoms with van der Waals surface area (Å²) in [7, 11) is 3.90. The molecule has 2 unspecified atom stereocenters. The predicted molar refractivity (Wildman–Crippen MR) is 86.1 cm³/mol. The topological polar surface area (TPSA) is 33.7 Å². The van der Waals surface area contributed by atoms with E-state index in [2.05, 4.69) is 49.3 Å². The molecule has 1 aromatic carbocycles. The number of benzene rings is 1. The van der Waals surface area contributed by atoms with Gasteiger partial charge in [0.15, 0.2) is 0 Å². The highest BCUT2D eigenvalue weighted by Crippen LogP contribution is 2.23. The van der Waals surface area contributed by atoms with E-state index in [0.29, 0.717) is 6.04 Å². The Morgan fingerprint density at radius 3 is 2.95 bits per heavy atom. The summed E-state index contributed by atoms with van der Waals surface area (Å²) >= 11 is 0. The van der Waals surface area contributed by atoms with Crippen LogP contribution >= 0.6 is 0 Å². The van der Waals surface area contributed by atoms with E-state index in [0.717, 1.165) is 38.4 Å². The van der Waals surface area contributed by atoms with Crippen molar-refractivity contribution in [2.45, 2.75) is 32.4 Å². The summed E-state index contributed by atoms with van der Waals surface area (Å²) in [6.45, 7) is 8.02. The third-order valence-electron chi connectivity index (χ3n) is 4.09. The molecule has 1 saturated heterocycles. The fourth-order valence-corrected chi connectivity index (χ4v) is 2.96. The number of nitrogens with zero attached hydrogens (tertiary/aromatic N) is 1. The lowest BCUT2D eigenvalue weighted by atomic mass is 9.98. The van der Waals surface area contributed by atoms with Crippen molar-refractivity contribution in [1.29, 1.82) is 0 Å². The van der Waals surface area contributed by atoms with E-state index in [9.17, 15) is 0 Å². The van der Waals surface area contributed by atoms with Gasteiger partial charge in [0.25, 0.3) is 0 Å². The van der Waals surface area contributed by atoms with E-state index in [1.807, 2.05) is 0 Å².